The summed E-state index contributed by atoms with van der Waals surface area (Å²) in [4.78, 5) is 17.0. The van der Waals surface area contributed by atoms with E-state index in [-0.39, 0.29) is 11.2 Å². The Morgan fingerprint density at radius 2 is 2.04 bits per heavy atom. The number of nitrogens with one attached hydrogen (secondary N) is 1. The van der Waals surface area contributed by atoms with Gasteiger partial charge in [0.15, 0.2) is 4.34 Å². The predicted octanol–water partition coefficient (Wildman–Crippen LogP) is 2.94. The lowest BCUT2D eigenvalue weighted by molar-refractivity contribution is -0.132. The van der Waals surface area contributed by atoms with E-state index in [1.54, 1.807) is 7.11 Å². The van der Waals surface area contributed by atoms with Gasteiger partial charge in [-0.2, -0.15) is 0 Å². The minimum absolute atomic E-state index is 0.171. The highest BCUT2D eigenvalue weighted by molar-refractivity contribution is 8.02. The number of benzene rings is 1. The lowest BCUT2D eigenvalue weighted by atomic mass is 10.3. The SMILES string of the molecule is CCN1CCN(C(=O)[C@H](C)Sc2nnc(Nc3ccccc3OC)s2)CC1. The van der Waals surface area contributed by atoms with Crippen molar-refractivity contribution in [3.63, 3.8) is 0 Å². The zero-order valence-corrected chi connectivity index (χ0v) is 17.5. The summed E-state index contributed by atoms with van der Waals surface area (Å²) < 4.78 is 6.12. The van der Waals surface area contributed by atoms with Gasteiger partial charge in [-0.1, -0.05) is 42.2 Å². The molecule has 1 saturated heterocycles. The first-order chi connectivity index (χ1) is 13.1. The van der Waals surface area contributed by atoms with Crippen LogP contribution < -0.4 is 10.1 Å². The van der Waals surface area contributed by atoms with Crippen LogP contribution in [0.15, 0.2) is 28.6 Å². The Kier molecular flexibility index (Phi) is 6.92. The van der Waals surface area contributed by atoms with Crippen LogP contribution in [-0.4, -0.2) is 71.0 Å². The molecule has 1 amide bonds. The van der Waals surface area contributed by atoms with Crippen LogP contribution in [0, 0.1) is 0 Å². The standard InChI is InChI=1S/C18H25N5O2S2/c1-4-22-9-11-23(12-10-22)16(24)13(2)26-18-21-20-17(27-18)19-14-7-5-6-8-15(14)25-3/h5-8,13H,4,9-12H2,1-3H3,(H,19,20)/t13-/m0/s1. The van der Waals surface area contributed by atoms with Gasteiger partial charge in [-0.15, -0.1) is 10.2 Å². The zero-order valence-electron chi connectivity index (χ0n) is 15.8. The average molecular weight is 408 g/mol. The number of aromatic nitrogens is 2. The number of nitrogens with zero attached hydrogens (tertiary/aromatic N) is 4. The molecule has 0 unspecified atom stereocenters. The molecule has 0 saturated carbocycles. The van der Waals surface area contributed by atoms with E-state index < -0.39 is 0 Å². The molecule has 1 aromatic carbocycles. The Hall–Kier alpha value is -1.84. The molecule has 1 atom stereocenters. The number of ether oxygens (including phenoxy) is 1. The topological polar surface area (TPSA) is 70.6 Å². The molecule has 0 spiro atoms. The first-order valence-corrected chi connectivity index (χ1v) is 10.7. The number of likely N-dealkylation sites (N-methyl/N-ethyl adjacent to an activating group) is 1. The fourth-order valence-corrected chi connectivity index (χ4v) is 4.91. The predicted molar refractivity (Wildman–Crippen MR) is 110 cm³/mol. The van der Waals surface area contributed by atoms with Crippen LogP contribution in [0.4, 0.5) is 10.8 Å². The summed E-state index contributed by atoms with van der Waals surface area (Å²) in [6, 6.07) is 7.66. The third-order valence-electron chi connectivity index (χ3n) is 4.51. The molecule has 9 heteroatoms. The molecule has 1 aliphatic heterocycles. The number of methoxy groups -OCH3 is 1. The first-order valence-electron chi connectivity index (χ1n) is 9.02. The largest absolute Gasteiger partial charge is 0.495 e. The normalized spacial score (nSPS) is 16.2. The molecule has 2 heterocycles. The zero-order chi connectivity index (χ0) is 19.2. The Balaban J connectivity index is 1.56. The number of thioether (sulfide) groups is 1. The van der Waals surface area contributed by atoms with Crippen molar-refractivity contribution < 1.29 is 9.53 Å². The second-order valence-corrected chi connectivity index (χ2v) is 8.78. The molecule has 0 bridgehead atoms. The van der Waals surface area contributed by atoms with Crippen LogP contribution in [0.3, 0.4) is 0 Å². The van der Waals surface area contributed by atoms with Gasteiger partial charge in [0.2, 0.25) is 11.0 Å². The monoisotopic (exact) mass is 407 g/mol. The Morgan fingerprint density at radius 3 is 2.74 bits per heavy atom. The van der Waals surface area contributed by atoms with Crippen LogP contribution in [0.2, 0.25) is 0 Å². The molecular formula is C18H25N5O2S2. The highest BCUT2D eigenvalue weighted by Crippen LogP contribution is 2.33. The van der Waals surface area contributed by atoms with Crippen LogP contribution in [0.5, 0.6) is 5.75 Å². The van der Waals surface area contributed by atoms with Gasteiger partial charge in [0.05, 0.1) is 18.0 Å². The van der Waals surface area contributed by atoms with Crippen molar-refractivity contribution in [2.24, 2.45) is 0 Å². The molecule has 146 valence electrons. The van der Waals surface area contributed by atoms with Crippen molar-refractivity contribution >= 4 is 39.8 Å². The van der Waals surface area contributed by atoms with Crippen molar-refractivity contribution in [3.05, 3.63) is 24.3 Å². The molecule has 1 fully saturated rings. The average Bonchev–Trinajstić information content (AvgIpc) is 3.14. The maximum Gasteiger partial charge on any atom is 0.235 e. The minimum atomic E-state index is -0.176. The lowest BCUT2D eigenvalue weighted by Crippen LogP contribution is -2.50. The molecule has 27 heavy (non-hydrogen) atoms. The number of hydrogen-bond acceptors (Lipinski definition) is 8. The molecule has 1 N–H and O–H groups in total. The number of anilines is 2. The molecule has 1 aromatic heterocycles. The first kappa shape index (κ1) is 19.9. The van der Waals surface area contributed by atoms with E-state index in [1.165, 1.54) is 23.1 Å². The van der Waals surface area contributed by atoms with Gasteiger partial charge in [-0.3, -0.25) is 4.79 Å². The highest BCUT2D eigenvalue weighted by atomic mass is 32.2. The van der Waals surface area contributed by atoms with Gasteiger partial charge in [0, 0.05) is 26.2 Å². The molecule has 0 radical (unpaired) electrons. The van der Waals surface area contributed by atoms with E-state index >= 15 is 0 Å². The molecule has 1 aliphatic rings. The lowest BCUT2D eigenvalue weighted by Gasteiger charge is -2.35. The van der Waals surface area contributed by atoms with Gasteiger partial charge in [-0.05, 0) is 25.6 Å². The van der Waals surface area contributed by atoms with Crippen molar-refractivity contribution in [1.29, 1.82) is 0 Å². The third kappa shape index (κ3) is 5.12. The van der Waals surface area contributed by atoms with Gasteiger partial charge >= 0.3 is 0 Å². The molecule has 2 aromatic rings. The Labute approximate surface area is 168 Å². The van der Waals surface area contributed by atoms with Crippen molar-refractivity contribution in [2.45, 2.75) is 23.4 Å². The Bertz CT molecular complexity index is 762. The van der Waals surface area contributed by atoms with E-state index in [9.17, 15) is 4.79 Å². The van der Waals surface area contributed by atoms with E-state index in [1.807, 2.05) is 36.1 Å². The van der Waals surface area contributed by atoms with Crippen LogP contribution in [-0.2, 0) is 4.79 Å². The summed E-state index contributed by atoms with van der Waals surface area (Å²) in [6.07, 6.45) is 0. The van der Waals surface area contributed by atoms with Crippen LogP contribution in [0.1, 0.15) is 13.8 Å². The van der Waals surface area contributed by atoms with Crippen molar-refractivity contribution in [2.75, 3.05) is 45.2 Å². The molecule has 0 aliphatic carbocycles. The maximum atomic E-state index is 12.7. The molecule has 3 rings (SSSR count). The van der Waals surface area contributed by atoms with Gasteiger partial charge in [0.25, 0.3) is 0 Å². The van der Waals surface area contributed by atoms with Crippen LogP contribution in [0.25, 0.3) is 0 Å². The fraction of sp³-hybridized carbons (Fsp3) is 0.500. The summed E-state index contributed by atoms with van der Waals surface area (Å²) in [5.41, 5.74) is 0.839. The summed E-state index contributed by atoms with van der Waals surface area (Å²) >= 11 is 2.90. The van der Waals surface area contributed by atoms with Gasteiger partial charge in [-0.25, -0.2) is 0 Å². The third-order valence-corrected chi connectivity index (χ3v) is 6.52. The Morgan fingerprint density at radius 1 is 1.30 bits per heavy atom. The summed E-state index contributed by atoms with van der Waals surface area (Å²) in [7, 11) is 1.63. The van der Waals surface area contributed by atoms with Crippen molar-refractivity contribution in [3.8, 4) is 5.75 Å². The number of rotatable bonds is 7. The fourth-order valence-electron chi connectivity index (χ4n) is 2.91. The van der Waals surface area contributed by atoms with E-state index in [0.29, 0.717) is 5.13 Å². The second kappa shape index (κ2) is 9.38. The number of carbonyl (C=O) groups is 1. The smallest absolute Gasteiger partial charge is 0.235 e. The number of para-hydroxylation sites is 2. The van der Waals surface area contributed by atoms with E-state index in [0.717, 1.165) is 48.5 Å². The quantitative estimate of drug-likeness (QED) is 0.708. The number of piperazine rings is 1. The number of hydrogen-bond donors (Lipinski definition) is 1. The van der Waals surface area contributed by atoms with Gasteiger partial charge in [0.1, 0.15) is 5.75 Å². The number of amides is 1. The van der Waals surface area contributed by atoms with E-state index in [2.05, 4.69) is 27.3 Å². The number of carbonyl (C=O) groups excluding carboxylic acids is 1. The van der Waals surface area contributed by atoms with Crippen LogP contribution >= 0.6 is 23.1 Å². The summed E-state index contributed by atoms with van der Waals surface area (Å²) in [6.45, 7) is 8.63. The summed E-state index contributed by atoms with van der Waals surface area (Å²) in [5, 5.41) is 12.1. The van der Waals surface area contributed by atoms with E-state index in [4.69, 9.17) is 4.74 Å². The second-order valence-electron chi connectivity index (χ2n) is 6.22. The molecular weight excluding hydrogens is 382 g/mol. The summed E-state index contributed by atoms with van der Waals surface area (Å²) in [5.74, 6) is 0.918. The van der Waals surface area contributed by atoms with Gasteiger partial charge < -0.3 is 19.9 Å². The van der Waals surface area contributed by atoms with Crippen molar-refractivity contribution in [1.82, 2.24) is 20.0 Å². The maximum absolute atomic E-state index is 12.7. The minimum Gasteiger partial charge on any atom is -0.495 e. The highest BCUT2D eigenvalue weighted by Gasteiger charge is 2.26. The molecule has 7 nitrogen and oxygen atoms in total.